The van der Waals surface area contributed by atoms with Gasteiger partial charge in [0.15, 0.2) is 0 Å². The summed E-state index contributed by atoms with van der Waals surface area (Å²) in [7, 11) is 3.34. The summed E-state index contributed by atoms with van der Waals surface area (Å²) in [5.41, 5.74) is 4.14. The summed E-state index contributed by atoms with van der Waals surface area (Å²) in [5.74, 6) is 1.64. The zero-order valence-corrected chi connectivity index (χ0v) is 12.7. The monoisotopic (exact) mass is 280 g/mol. The van der Waals surface area contributed by atoms with E-state index in [1.54, 1.807) is 14.2 Å². The maximum Gasteiger partial charge on any atom is 0.126 e. The van der Waals surface area contributed by atoms with Crippen LogP contribution in [0.25, 0.3) is 11.3 Å². The lowest BCUT2D eigenvalue weighted by Gasteiger charge is -2.12. The van der Waals surface area contributed by atoms with Crippen LogP contribution in [-0.2, 0) is 4.74 Å². The Morgan fingerprint density at radius 3 is 2.33 bits per heavy atom. The molecule has 108 valence electrons. The predicted molar refractivity (Wildman–Crippen MR) is 88.2 cm³/mol. The first-order chi connectivity index (χ1) is 10.2. The van der Waals surface area contributed by atoms with Crippen LogP contribution in [0.4, 0.5) is 0 Å². The van der Waals surface area contributed by atoms with Gasteiger partial charge in [0.1, 0.15) is 11.5 Å². The van der Waals surface area contributed by atoms with Gasteiger partial charge in [-0.2, -0.15) is 0 Å². The molecule has 0 bridgehead atoms. The van der Waals surface area contributed by atoms with Gasteiger partial charge in [0.05, 0.1) is 14.2 Å². The molecule has 21 heavy (non-hydrogen) atoms. The minimum atomic E-state index is 0.795. The van der Waals surface area contributed by atoms with E-state index in [1.165, 1.54) is 0 Å². The molecule has 0 heterocycles. The Labute approximate surface area is 126 Å². The SMILES string of the molecule is C=C(/C=C(/OC)c1ccc(OC)cc1C)c1ccccc1. The molecule has 0 aromatic heterocycles. The molecule has 0 unspecified atom stereocenters. The summed E-state index contributed by atoms with van der Waals surface area (Å²) < 4.78 is 10.8. The van der Waals surface area contributed by atoms with Crippen LogP contribution in [0.15, 0.2) is 61.2 Å². The molecule has 0 saturated heterocycles. The molecule has 0 aliphatic carbocycles. The fourth-order valence-electron chi connectivity index (χ4n) is 2.18. The molecule has 0 fully saturated rings. The molecule has 0 aliphatic heterocycles. The van der Waals surface area contributed by atoms with E-state index in [4.69, 9.17) is 9.47 Å². The van der Waals surface area contributed by atoms with Crippen molar-refractivity contribution < 1.29 is 9.47 Å². The van der Waals surface area contributed by atoms with E-state index in [0.29, 0.717) is 0 Å². The van der Waals surface area contributed by atoms with Crippen molar-refractivity contribution in [2.24, 2.45) is 0 Å². The molecule has 0 spiro atoms. The number of aryl methyl sites for hydroxylation is 1. The van der Waals surface area contributed by atoms with Crippen LogP contribution < -0.4 is 4.74 Å². The molecule has 0 radical (unpaired) electrons. The zero-order chi connectivity index (χ0) is 15.2. The number of hydrogen-bond donors (Lipinski definition) is 0. The van der Waals surface area contributed by atoms with E-state index in [0.717, 1.165) is 33.8 Å². The highest BCUT2D eigenvalue weighted by Crippen LogP contribution is 2.26. The number of benzene rings is 2. The minimum Gasteiger partial charge on any atom is -0.497 e. The van der Waals surface area contributed by atoms with Crippen molar-refractivity contribution in [2.45, 2.75) is 6.92 Å². The molecular weight excluding hydrogens is 260 g/mol. The highest BCUT2D eigenvalue weighted by Gasteiger charge is 2.08. The topological polar surface area (TPSA) is 18.5 Å². The van der Waals surface area contributed by atoms with Crippen LogP contribution in [0.2, 0.25) is 0 Å². The van der Waals surface area contributed by atoms with Crippen molar-refractivity contribution >= 4 is 11.3 Å². The number of hydrogen-bond acceptors (Lipinski definition) is 2. The highest BCUT2D eigenvalue weighted by atomic mass is 16.5. The molecule has 0 saturated carbocycles. The molecule has 2 aromatic rings. The first-order valence-corrected chi connectivity index (χ1v) is 6.80. The van der Waals surface area contributed by atoms with E-state index in [-0.39, 0.29) is 0 Å². The third-order valence-corrected chi connectivity index (χ3v) is 3.37. The van der Waals surface area contributed by atoms with Crippen LogP contribution in [0.1, 0.15) is 16.7 Å². The number of ether oxygens (including phenoxy) is 2. The van der Waals surface area contributed by atoms with Gasteiger partial charge in [-0.15, -0.1) is 0 Å². The smallest absolute Gasteiger partial charge is 0.126 e. The van der Waals surface area contributed by atoms with Crippen molar-refractivity contribution in [1.29, 1.82) is 0 Å². The molecular formula is C19H20O2. The Kier molecular flexibility index (Phi) is 4.83. The van der Waals surface area contributed by atoms with E-state index in [9.17, 15) is 0 Å². The zero-order valence-electron chi connectivity index (χ0n) is 12.7. The van der Waals surface area contributed by atoms with Gasteiger partial charge in [0, 0.05) is 5.56 Å². The summed E-state index contributed by atoms with van der Waals surface area (Å²) in [5, 5.41) is 0. The third kappa shape index (κ3) is 3.54. The second-order valence-corrected chi connectivity index (χ2v) is 4.78. The first kappa shape index (κ1) is 14.9. The fraction of sp³-hybridized carbons (Fsp3) is 0.158. The molecule has 0 atom stereocenters. The molecule has 0 aliphatic rings. The van der Waals surface area contributed by atoms with Crippen molar-refractivity contribution in [2.75, 3.05) is 14.2 Å². The van der Waals surface area contributed by atoms with Crippen molar-refractivity contribution in [3.05, 3.63) is 77.9 Å². The largest absolute Gasteiger partial charge is 0.497 e. The van der Waals surface area contributed by atoms with Gasteiger partial charge in [-0.25, -0.2) is 0 Å². The highest BCUT2D eigenvalue weighted by molar-refractivity contribution is 5.81. The van der Waals surface area contributed by atoms with E-state index >= 15 is 0 Å². The van der Waals surface area contributed by atoms with Gasteiger partial charge in [0.2, 0.25) is 0 Å². The van der Waals surface area contributed by atoms with E-state index in [2.05, 4.69) is 6.58 Å². The van der Waals surface area contributed by atoms with E-state index in [1.807, 2.05) is 61.5 Å². The minimum absolute atomic E-state index is 0.795. The lowest BCUT2D eigenvalue weighted by atomic mass is 10.0. The number of allylic oxidation sites excluding steroid dienone is 2. The van der Waals surface area contributed by atoms with Gasteiger partial charge < -0.3 is 9.47 Å². The Hall–Kier alpha value is -2.48. The Morgan fingerprint density at radius 2 is 1.76 bits per heavy atom. The number of rotatable bonds is 5. The van der Waals surface area contributed by atoms with Crippen LogP contribution in [0.3, 0.4) is 0 Å². The summed E-state index contributed by atoms with van der Waals surface area (Å²) in [6.45, 7) is 6.16. The van der Waals surface area contributed by atoms with Gasteiger partial charge in [-0.3, -0.25) is 0 Å². The summed E-state index contributed by atoms with van der Waals surface area (Å²) in [6.07, 6.45) is 1.96. The maximum atomic E-state index is 5.54. The van der Waals surface area contributed by atoms with Crippen molar-refractivity contribution in [3.63, 3.8) is 0 Å². The van der Waals surface area contributed by atoms with Crippen LogP contribution in [-0.4, -0.2) is 14.2 Å². The quantitative estimate of drug-likeness (QED) is 0.583. The molecule has 2 nitrogen and oxygen atoms in total. The van der Waals surface area contributed by atoms with Gasteiger partial charge in [-0.05, 0) is 47.9 Å². The lowest BCUT2D eigenvalue weighted by Crippen LogP contribution is -1.94. The average Bonchev–Trinajstić information content (AvgIpc) is 2.53. The fourth-order valence-corrected chi connectivity index (χ4v) is 2.18. The third-order valence-electron chi connectivity index (χ3n) is 3.37. The lowest BCUT2D eigenvalue weighted by molar-refractivity contribution is 0.369. The number of methoxy groups -OCH3 is 2. The molecule has 2 aromatic carbocycles. The molecule has 0 amide bonds. The van der Waals surface area contributed by atoms with Gasteiger partial charge >= 0.3 is 0 Å². The second kappa shape index (κ2) is 6.80. The normalized spacial score (nSPS) is 11.1. The summed E-state index contributed by atoms with van der Waals surface area (Å²) in [6, 6.07) is 16.0. The first-order valence-electron chi connectivity index (χ1n) is 6.80. The summed E-state index contributed by atoms with van der Waals surface area (Å²) in [4.78, 5) is 0. The van der Waals surface area contributed by atoms with Gasteiger partial charge in [0.25, 0.3) is 0 Å². The average molecular weight is 280 g/mol. The summed E-state index contributed by atoms with van der Waals surface area (Å²) >= 11 is 0. The molecule has 0 N–H and O–H groups in total. The van der Waals surface area contributed by atoms with Crippen LogP contribution in [0.5, 0.6) is 5.75 Å². The Balaban J connectivity index is 2.35. The Bertz CT molecular complexity index is 655. The van der Waals surface area contributed by atoms with Crippen LogP contribution >= 0.6 is 0 Å². The Morgan fingerprint density at radius 1 is 1.05 bits per heavy atom. The van der Waals surface area contributed by atoms with Gasteiger partial charge in [-0.1, -0.05) is 36.9 Å². The molecule has 2 rings (SSSR count). The second-order valence-electron chi connectivity index (χ2n) is 4.78. The van der Waals surface area contributed by atoms with Crippen LogP contribution in [0, 0.1) is 6.92 Å². The molecule has 2 heteroatoms. The predicted octanol–water partition coefficient (Wildman–Crippen LogP) is 4.70. The van der Waals surface area contributed by atoms with Crippen molar-refractivity contribution in [1.82, 2.24) is 0 Å². The van der Waals surface area contributed by atoms with E-state index < -0.39 is 0 Å². The van der Waals surface area contributed by atoms with Crippen molar-refractivity contribution in [3.8, 4) is 5.75 Å². The maximum absolute atomic E-state index is 5.54. The standard InChI is InChI=1S/C19H20O2/c1-14(16-8-6-5-7-9-16)13-19(21-4)18-11-10-17(20-3)12-15(18)2/h5-13H,1H2,2-4H3/b19-13+.